The van der Waals surface area contributed by atoms with E-state index in [1.54, 1.807) is 6.92 Å². The number of ether oxygens (including phenoxy) is 3. The topological polar surface area (TPSA) is 74.2 Å². The van der Waals surface area contributed by atoms with Crippen LogP contribution >= 0.6 is 0 Å². The SMILES string of the molecule is CCOC(=O)/N=C(\COC(C)=O)OC. The number of esters is 1. The van der Waals surface area contributed by atoms with Gasteiger partial charge in [0.05, 0.1) is 13.7 Å². The maximum Gasteiger partial charge on any atom is 0.436 e. The van der Waals surface area contributed by atoms with Crippen LogP contribution in [0.15, 0.2) is 4.99 Å². The van der Waals surface area contributed by atoms with Crippen LogP contribution in [-0.2, 0) is 19.0 Å². The molecule has 0 fully saturated rings. The lowest BCUT2D eigenvalue weighted by Crippen LogP contribution is -2.16. The number of amides is 1. The first kappa shape index (κ1) is 12.4. The van der Waals surface area contributed by atoms with Crippen LogP contribution in [0.2, 0.25) is 0 Å². The maximum atomic E-state index is 10.8. The normalized spacial score (nSPS) is 10.6. The molecule has 0 heterocycles. The Morgan fingerprint density at radius 2 is 1.93 bits per heavy atom. The number of hydrogen-bond acceptors (Lipinski definition) is 5. The summed E-state index contributed by atoms with van der Waals surface area (Å²) in [6, 6.07) is 0. The van der Waals surface area contributed by atoms with Gasteiger partial charge in [-0.1, -0.05) is 0 Å². The number of methoxy groups -OCH3 is 1. The first-order valence-electron chi connectivity index (χ1n) is 4.01. The van der Waals surface area contributed by atoms with Crippen LogP contribution in [0.3, 0.4) is 0 Å². The largest absolute Gasteiger partial charge is 0.481 e. The fourth-order valence-electron chi connectivity index (χ4n) is 0.558. The molecule has 0 aromatic carbocycles. The molecule has 0 spiro atoms. The Hall–Kier alpha value is -1.59. The van der Waals surface area contributed by atoms with Crippen LogP contribution < -0.4 is 0 Å². The van der Waals surface area contributed by atoms with E-state index in [0.29, 0.717) is 0 Å². The molecule has 0 saturated carbocycles. The first-order chi connectivity index (χ1) is 6.60. The molecule has 0 aromatic rings. The van der Waals surface area contributed by atoms with Crippen molar-refractivity contribution in [3.05, 3.63) is 0 Å². The highest BCUT2D eigenvalue weighted by atomic mass is 16.6. The highest BCUT2D eigenvalue weighted by Gasteiger charge is 2.05. The second-order valence-corrected chi connectivity index (χ2v) is 2.19. The molecule has 6 heteroatoms. The Balaban J connectivity index is 4.10. The fourth-order valence-corrected chi connectivity index (χ4v) is 0.558. The highest BCUT2D eigenvalue weighted by molar-refractivity contribution is 5.89. The standard InChI is InChI=1S/C8H13NO5/c1-4-13-8(11)9-7(12-3)5-14-6(2)10/h4-5H2,1-3H3/b9-7+. The van der Waals surface area contributed by atoms with Gasteiger partial charge in [0.15, 0.2) is 6.61 Å². The van der Waals surface area contributed by atoms with Gasteiger partial charge in [0.25, 0.3) is 0 Å². The third-order valence-corrected chi connectivity index (χ3v) is 1.12. The van der Waals surface area contributed by atoms with Crippen molar-refractivity contribution in [2.24, 2.45) is 4.99 Å². The summed E-state index contributed by atoms with van der Waals surface area (Å²) in [6.45, 7) is 2.96. The predicted octanol–water partition coefficient (Wildman–Crippen LogP) is 0.751. The van der Waals surface area contributed by atoms with E-state index in [4.69, 9.17) is 0 Å². The molecular weight excluding hydrogens is 190 g/mol. The Labute approximate surface area is 81.9 Å². The molecule has 14 heavy (non-hydrogen) atoms. The minimum absolute atomic E-state index is 0.00125. The third-order valence-electron chi connectivity index (χ3n) is 1.12. The molecule has 0 radical (unpaired) electrons. The smallest absolute Gasteiger partial charge is 0.436 e. The van der Waals surface area contributed by atoms with Crippen molar-refractivity contribution in [1.82, 2.24) is 0 Å². The number of carbonyl (C=O) groups excluding carboxylic acids is 2. The lowest BCUT2D eigenvalue weighted by Gasteiger charge is -2.04. The summed E-state index contributed by atoms with van der Waals surface area (Å²) in [5.41, 5.74) is 0. The second-order valence-electron chi connectivity index (χ2n) is 2.19. The summed E-state index contributed by atoms with van der Waals surface area (Å²) in [6.07, 6.45) is -0.767. The van der Waals surface area contributed by atoms with Crippen LogP contribution in [0, 0.1) is 0 Å². The zero-order valence-corrected chi connectivity index (χ0v) is 8.40. The fraction of sp³-hybridized carbons (Fsp3) is 0.625. The molecule has 0 rings (SSSR count). The molecular formula is C8H13NO5. The van der Waals surface area contributed by atoms with Crippen LogP contribution in [-0.4, -0.2) is 38.3 Å². The molecule has 0 atom stereocenters. The molecule has 0 saturated heterocycles. The third kappa shape index (κ3) is 5.99. The van der Waals surface area contributed by atoms with Crippen molar-refractivity contribution >= 4 is 18.0 Å². The summed E-state index contributed by atoms with van der Waals surface area (Å²) in [4.78, 5) is 24.7. The first-order valence-corrected chi connectivity index (χ1v) is 4.01. The van der Waals surface area contributed by atoms with Crippen LogP contribution in [0.25, 0.3) is 0 Å². The molecule has 0 aliphatic heterocycles. The highest BCUT2D eigenvalue weighted by Crippen LogP contribution is 1.89. The van der Waals surface area contributed by atoms with E-state index in [2.05, 4.69) is 19.2 Å². The van der Waals surface area contributed by atoms with Gasteiger partial charge in [-0.05, 0) is 6.92 Å². The van der Waals surface area contributed by atoms with Crippen LogP contribution in [0.4, 0.5) is 4.79 Å². The van der Waals surface area contributed by atoms with E-state index in [-0.39, 0.29) is 19.1 Å². The van der Waals surface area contributed by atoms with Crippen molar-refractivity contribution in [2.75, 3.05) is 20.3 Å². The lowest BCUT2D eigenvalue weighted by atomic mass is 10.7. The van der Waals surface area contributed by atoms with E-state index in [1.807, 2.05) is 0 Å². The molecule has 0 aliphatic carbocycles. The number of hydrogen-bond donors (Lipinski definition) is 0. The zero-order valence-electron chi connectivity index (χ0n) is 8.40. The van der Waals surface area contributed by atoms with Crippen LogP contribution in [0.1, 0.15) is 13.8 Å². The molecule has 0 aromatic heterocycles. The average molecular weight is 203 g/mol. The molecule has 0 aliphatic rings. The number of carbonyl (C=O) groups is 2. The van der Waals surface area contributed by atoms with Gasteiger partial charge in [-0.3, -0.25) is 4.79 Å². The predicted molar refractivity (Wildman–Crippen MR) is 48.1 cm³/mol. The number of aliphatic imine (C=N–C) groups is 1. The van der Waals surface area contributed by atoms with Crippen molar-refractivity contribution < 1.29 is 23.8 Å². The summed E-state index contributed by atoms with van der Waals surface area (Å²) in [5, 5.41) is 0. The Morgan fingerprint density at radius 1 is 1.29 bits per heavy atom. The molecule has 1 amide bonds. The van der Waals surface area contributed by atoms with Crippen molar-refractivity contribution in [3.63, 3.8) is 0 Å². The van der Waals surface area contributed by atoms with Crippen LogP contribution in [0.5, 0.6) is 0 Å². The molecule has 6 nitrogen and oxygen atoms in total. The van der Waals surface area contributed by atoms with Gasteiger partial charge < -0.3 is 14.2 Å². The Bertz CT molecular complexity index is 236. The monoisotopic (exact) mass is 203 g/mol. The zero-order chi connectivity index (χ0) is 11.0. The van der Waals surface area contributed by atoms with Gasteiger partial charge >= 0.3 is 12.1 Å². The van der Waals surface area contributed by atoms with E-state index in [1.165, 1.54) is 14.0 Å². The summed E-state index contributed by atoms with van der Waals surface area (Å²) < 4.78 is 13.8. The van der Waals surface area contributed by atoms with Crippen molar-refractivity contribution in [3.8, 4) is 0 Å². The summed E-state index contributed by atoms with van der Waals surface area (Å²) in [5.74, 6) is -0.475. The van der Waals surface area contributed by atoms with Crippen molar-refractivity contribution in [2.45, 2.75) is 13.8 Å². The summed E-state index contributed by atoms with van der Waals surface area (Å²) in [7, 11) is 1.32. The van der Waals surface area contributed by atoms with Gasteiger partial charge in [0.2, 0.25) is 5.90 Å². The van der Waals surface area contributed by atoms with Crippen molar-refractivity contribution in [1.29, 1.82) is 0 Å². The Morgan fingerprint density at radius 3 is 2.36 bits per heavy atom. The van der Waals surface area contributed by atoms with Gasteiger partial charge in [-0.2, -0.15) is 0 Å². The minimum Gasteiger partial charge on any atom is -0.481 e. The molecule has 0 unspecified atom stereocenters. The Kier molecular flexibility index (Phi) is 6.09. The minimum atomic E-state index is -0.767. The van der Waals surface area contributed by atoms with Gasteiger partial charge in [0.1, 0.15) is 0 Å². The van der Waals surface area contributed by atoms with E-state index < -0.39 is 12.1 Å². The van der Waals surface area contributed by atoms with E-state index in [0.717, 1.165) is 0 Å². The second kappa shape index (κ2) is 6.88. The maximum absolute atomic E-state index is 10.8. The van der Waals surface area contributed by atoms with Gasteiger partial charge in [-0.25, -0.2) is 4.79 Å². The van der Waals surface area contributed by atoms with Gasteiger partial charge in [-0.15, -0.1) is 4.99 Å². The lowest BCUT2D eigenvalue weighted by molar-refractivity contribution is -0.139. The number of rotatable bonds is 3. The van der Waals surface area contributed by atoms with E-state index >= 15 is 0 Å². The quantitative estimate of drug-likeness (QED) is 0.384. The van der Waals surface area contributed by atoms with Gasteiger partial charge in [0, 0.05) is 6.92 Å². The summed E-state index contributed by atoms with van der Waals surface area (Å²) >= 11 is 0. The molecule has 0 bridgehead atoms. The molecule has 80 valence electrons. The average Bonchev–Trinajstić information content (AvgIpc) is 2.12. The number of nitrogens with zero attached hydrogens (tertiary/aromatic N) is 1. The molecule has 0 N–H and O–H groups in total. The van der Waals surface area contributed by atoms with E-state index in [9.17, 15) is 9.59 Å².